The molecule has 0 aliphatic rings. The number of amides is 3. The minimum Gasteiger partial charge on any atom is -0.322 e. The summed E-state index contributed by atoms with van der Waals surface area (Å²) >= 11 is 3.31. The zero-order chi connectivity index (χ0) is 23.8. The lowest BCUT2D eigenvalue weighted by Gasteiger charge is -2.11. The average molecular weight is 510 g/mol. The number of anilines is 2. The summed E-state index contributed by atoms with van der Waals surface area (Å²) in [5, 5.41) is 19.5. The number of nitro benzene ring substituents is 1. The van der Waals surface area contributed by atoms with Crippen molar-refractivity contribution in [2.24, 2.45) is 5.10 Å². The number of hydrogen-bond donors (Lipinski definition) is 3. The van der Waals surface area contributed by atoms with Crippen LogP contribution in [0.4, 0.5) is 17.1 Å². The van der Waals surface area contributed by atoms with Crippen LogP contribution in [0.15, 0.2) is 82.4 Å². The Labute approximate surface area is 196 Å². The highest BCUT2D eigenvalue weighted by Crippen LogP contribution is 2.19. The van der Waals surface area contributed by atoms with Gasteiger partial charge in [0, 0.05) is 27.9 Å². The van der Waals surface area contributed by atoms with Gasteiger partial charge in [-0.15, -0.1) is 0 Å². The van der Waals surface area contributed by atoms with Crippen LogP contribution in [-0.2, 0) is 9.59 Å². The van der Waals surface area contributed by atoms with E-state index in [0.29, 0.717) is 11.3 Å². The SMILES string of the molecule is O=C(N/N=C/c1cccc([N+](=O)[O-])c1)C(=O)Nc1ccccc1C(=O)Nc1ccc(Br)cc1. The minimum atomic E-state index is -1.08. The highest BCUT2D eigenvalue weighted by atomic mass is 79.9. The van der Waals surface area contributed by atoms with E-state index in [0.717, 1.165) is 10.7 Å². The monoisotopic (exact) mass is 509 g/mol. The summed E-state index contributed by atoms with van der Waals surface area (Å²) in [5.41, 5.74) is 3.10. The largest absolute Gasteiger partial charge is 0.329 e. The van der Waals surface area contributed by atoms with E-state index in [9.17, 15) is 24.5 Å². The Morgan fingerprint density at radius 1 is 0.909 bits per heavy atom. The van der Waals surface area contributed by atoms with Crippen molar-refractivity contribution in [1.82, 2.24) is 5.43 Å². The molecular formula is C22H16BrN5O5. The molecule has 10 nitrogen and oxygen atoms in total. The van der Waals surface area contributed by atoms with Crippen LogP contribution >= 0.6 is 15.9 Å². The maximum Gasteiger partial charge on any atom is 0.329 e. The molecule has 0 unspecified atom stereocenters. The van der Waals surface area contributed by atoms with Crippen LogP contribution < -0.4 is 16.1 Å². The van der Waals surface area contributed by atoms with E-state index >= 15 is 0 Å². The Morgan fingerprint density at radius 2 is 1.64 bits per heavy atom. The molecule has 0 fully saturated rings. The van der Waals surface area contributed by atoms with Crippen molar-refractivity contribution in [3.8, 4) is 0 Å². The summed E-state index contributed by atoms with van der Waals surface area (Å²) in [4.78, 5) is 47.2. The molecule has 11 heteroatoms. The van der Waals surface area contributed by atoms with E-state index < -0.39 is 22.6 Å². The molecule has 3 rings (SSSR count). The molecule has 0 bridgehead atoms. The van der Waals surface area contributed by atoms with Gasteiger partial charge in [0.15, 0.2) is 0 Å². The molecule has 0 aromatic heterocycles. The number of hydrogen-bond acceptors (Lipinski definition) is 6. The Balaban J connectivity index is 1.63. The number of nitrogens with zero attached hydrogens (tertiary/aromatic N) is 2. The standard InChI is InChI=1S/C22H16BrN5O5/c23-15-8-10-16(11-9-15)25-20(29)18-6-1-2-7-19(18)26-21(30)22(31)27-24-13-14-4-3-5-17(12-14)28(32)33/h1-13H,(H,25,29)(H,26,30)(H,27,31)/b24-13+. The topological polar surface area (TPSA) is 143 Å². The number of rotatable bonds is 6. The number of carbonyl (C=O) groups excluding carboxylic acids is 3. The Kier molecular flexibility index (Phi) is 7.60. The van der Waals surface area contributed by atoms with Crippen LogP contribution in [0, 0.1) is 10.1 Å². The number of nitrogens with one attached hydrogen (secondary N) is 3. The van der Waals surface area contributed by atoms with Gasteiger partial charge in [-0.25, -0.2) is 5.43 Å². The molecule has 0 aliphatic carbocycles. The zero-order valence-corrected chi connectivity index (χ0v) is 18.4. The quantitative estimate of drug-likeness (QED) is 0.201. The van der Waals surface area contributed by atoms with Gasteiger partial charge in [0.25, 0.3) is 11.6 Å². The van der Waals surface area contributed by atoms with Gasteiger partial charge in [0.05, 0.1) is 22.4 Å². The van der Waals surface area contributed by atoms with E-state index in [-0.39, 0.29) is 16.9 Å². The molecule has 3 aromatic carbocycles. The Hall–Kier alpha value is -4.38. The molecule has 33 heavy (non-hydrogen) atoms. The van der Waals surface area contributed by atoms with Crippen LogP contribution in [0.1, 0.15) is 15.9 Å². The van der Waals surface area contributed by atoms with Gasteiger partial charge in [0.2, 0.25) is 0 Å². The Morgan fingerprint density at radius 3 is 2.36 bits per heavy atom. The average Bonchev–Trinajstić information content (AvgIpc) is 2.81. The van der Waals surface area contributed by atoms with E-state index in [1.807, 2.05) is 5.43 Å². The van der Waals surface area contributed by atoms with Gasteiger partial charge < -0.3 is 10.6 Å². The normalized spacial score (nSPS) is 10.5. The number of halogens is 1. The van der Waals surface area contributed by atoms with Gasteiger partial charge in [-0.3, -0.25) is 24.5 Å². The number of para-hydroxylation sites is 1. The second-order valence-electron chi connectivity index (χ2n) is 6.51. The summed E-state index contributed by atoms with van der Waals surface area (Å²) in [6.45, 7) is 0. The van der Waals surface area contributed by atoms with Crippen molar-refractivity contribution in [2.45, 2.75) is 0 Å². The molecule has 3 aromatic rings. The van der Waals surface area contributed by atoms with Gasteiger partial charge in [-0.2, -0.15) is 5.10 Å². The van der Waals surface area contributed by atoms with Gasteiger partial charge in [-0.05, 0) is 36.4 Å². The predicted molar refractivity (Wildman–Crippen MR) is 126 cm³/mol. The minimum absolute atomic E-state index is 0.134. The highest BCUT2D eigenvalue weighted by Gasteiger charge is 2.18. The maximum absolute atomic E-state index is 12.6. The number of carbonyl (C=O) groups is 3. The van der Waals surface area contributed by atoms with Crippen molar-refractivity contribution in [2.75, 3.05) is 10.6 Å². The first-order valence-electron chi connectivity index (χ1n) is 9.38. The van der Waals surface area contributed by atoms with E-state index in [1.165, 1.54) is 30.3 Å². The molecular weight excluding hydrogens is 494 g/mol. The summed E-state index contributed by atoms with van der Waals surface area (Å²) in [7, 11) is 0. The van der Waals surface area contributed by atoms with E-state index in [2.05, 4.69) is 31.7 Å². The van der Waals surface area contributed by atoms with Gasteiger partial charge in [0.1, 0.15) is 0 Å². The van der Waals surface area contributed by atoms with Crippen LogP contribution in [0.3, 0.4) is 0 Å². The Bertz CT molecular complexity index is 1240. The molecule has 0 aliphatic heterocycles. The molecule has 0 atom stereocenters. The lowest BCUT2D eigenvalue weighted by molar-refractivity contribution is -0.384. The fraction of sp³-hybridized carbons (Fsp3) is 0. The first-order valence-corrected chi connectivity index (χ1v) is 10.2. The van der Waals surface area contributed by atoms with Crippen molar-refractivity contribution < 1.29 is 19.3 Å². The zero-order valence-electron chi connectivity index (χ0n) is 16.8. The molecule has 0 radical (unpaired) electrons. The molecule has 0 spiro atoms. The van der Waals surface area contributed by atoms with E-state index in [1.54, 1.807) is 42.5 Å². The van der Waals surface area contributed by atoms with Crippen molar-refractivity contribution >= 4 is 56.9 Å². The summed E-state index contributed by atoms with van der Waals surface area (Å²) in [6.07, 6.45) is 1.16. The molecule has 3 amide bonds. The number of hydrazone groups is 1. The van der Waals surface area contributed by atoms with Crippen LogP contribution in [0.25, 0.3) is 0 Å². The number of benzene rings is 3. The third-order valence-electron chi connectivity index (χ3n) is 4.19. The molecule has 0 heterocycles. The molecule has 0 saturated heterocycles. The van der Waals surface area contributed by atoms with Crippen LogP contribution in [0.2, 0.25) is 0 Å². The van der Waals surface area contributed by atoms with Gasteiger partial charge in [-0.1, -0.05) is 40.2 Å². The highest BCUT2D eigenvalue weighted by molar-refractivity contribution is 9.10. The summed E-state index contributed by atoms with van der Waals surface area (Å²) in [6, 6.07) is 18.7. The third-order valence-corrected chi connectivity index (χ3v) is 4.72. The number of non-ortho nitro benzene ring substituents is 1. The fourth-order valence-electron chi connectivity index (χ4n) is 2.64. The number of nitro groups is 1. The van der Waals surface area contributed by atoms with E-state index in [4.69, 9.17) is 0 Å². The van der Waals surface area contributed by atoms with Crippen molar-refractivity contribution in [3.05, 3.63) is 98.5 Å². The lowest BCUT2D eigenvalue weighted by atomic mass is 10.1. The fourth-order valence-corrected chi connectivity index (χ4v) is 2.90. The summed E-state index contributed by atoms with van der Waals surface area (Å²) < 4.78 is 0.854. The molecule has 166 valence electrons. The second-order valence-corrected chi connectivity index (χ2v) is 7.43. The second kappa shape index (κ2) is 10.8. The van der Waals surface area contributed by atoms with Gasteiger partial charge >= 0.3 is 11.8 Å². The lowest BCUT2D eigenvalue weighted by Crippen LogP contribution is -2.33. The molecule has 3 N–H and O–H groups in total. The predicted octanol–water partition coefficient (Wildman–Crippen LogP) is 3.70. The third kappa shape index (κ3) is 6.55. The smallest absolute Gasteiger partial charge is 0.322 e. The first-order chi connectivity index (χ1) is 15.8. The van der Waals surface area contributed by atoms with Crippen molar-refractivity contribution in [1.29, 1.82) is 0 Å². The summed E-state index contributed by atoms with van der Waals surface area (Å²) in [5.74, 6) is -2.60. The van der Waals surface area contributed by atoms with Crippen molar-refractivity contribution in [3.63, 3.8) is 0 Å². The maximum atomic E-state index is 12.6. The van der Waals surface area contributed by atoms with Crippen LogP contribution in [0.5, 0.6) is 0 Å². The first kappa shape index (κ1) is 23.3. The molecule has 0 saturated carbocycles. The van der Waals surface area contributed by atoms with Crippen LogP contribution in [-0.4, -0.2) is 28.9 Å².